The molecule has 0 saturated carbocycles. The third-order valence-electron chi connectivity index (χ3n) is 3.47. The molecule has 3 aliphatic rings. The van der Waals surface area contributed by atoms with Gasteiger partial charge in [0.2, 0.25) is 5.96 Å². The highest BCUT2D eigenvalue weighted by molar-refractivity contribution is 5.83. The average Bonchev–Trinajstić information content (AvgIpc) is 2.79. The first kappa shape index (κ1) is 12.7. The fourth-order valence-corrected chi connectivity index (χ4v) is 2.58. The predicted molar refractivity (Wildman–Crippen MR) is 62.2 cm³/mol. The molecule has 0 aromatic rings. The molecular weight excluding hydrogens is 261 g/mol. The molecule has 0 bridgehead atoms. The van der Waals surface area contributed by atoms with Gasteiger partial charge in [0.25, 0.3) is 0 Å². The molecule has 8 heteroatoms. The van der Waals surface area contributed by atoms with Crippen LogP contribution in [0.3, 0.4) is 0 Å². The van der Waals surface area contributed by atoms with Gasteiger partial charge in [-0.1, -0.05) is 0 Å². The molecule has 1 unspecified atom stereocenters. The van der Waals surface area contributed by atoms with Gasteiger partial charge in [-0.05, 0) is 6.08 Å². The van der Waals surface area contributed by atoms with Crippen LogP contribution < -0.4 is 0 Å². The molecule has 106 valence electrons. The van der Waals surface area contributed by atoms with Crippen molar-refractivity contribution in [3.05, 3.63) is 12.3 Å². The van der Waals surface area contributed by atoms with E-state index in [9.17, 15) is 13.2 Å². The van der Waals surface area contributed by atoms with Gasteiger partial charge in [0.1, 0.15) is 0 Å². The highest BCUT2D eigenvalue weighted by Crippen LogP contribution is 2.33. The van der Waals surface area contributed by atoms with Gasteiger partial charge in [-0.2, -0.15) is 13.2 Å². The van der Waals surface area contributed by atoms with Crippen molar-refractivity contribution < 1.29 is 17.9 Å². The molecule has 0 aromatic heterocycles. The zero-order valence-electron chi connectivity index (χ0n) is 10.3. The lowest BCUT2D eigenvalue weighted by atomic mass is 10.3. The summed E-state index contributed by atoms with van der Waals surface area (Å²) in [6.07, 6.45) is -0.935. The second kappa shape index (κ2) is 4.68. The molecule has 5 nitrogen and oxygen atoms in total. The summed E-state index contributed by atoms with van der Waals surface area (Å²) in [7, 11) is 0. The normalized spacial score (nSPS) is 28.6. The Balaban J connectivity index is 1.89. The SMILES string of the molecule is FC(F)(F)C1CN2CC=CN=C2N1N1CCOCC1. The minimum Gasteiger partial charge on any atom is -0.379 e. The second-order valence-corrected chi connectivity index (χ2v) is 4.69. The number of guanidine groups is 1. The molecule has 3 rings (SSSR count). The quantitative estimate of drug-likeness (QED) is 0.704. The van der Waals surface area contributed by atoms with Crippen molar-refractivity contribution in [1.29, 1.82) is 0 Å². The lowest BCUT2D eigenvalue weighted by Gasteiger charge is -2.39. The highest BCUT2D eigenvalue weighted by atomic mass is 19.4. The standard InChI is InChI=1S/C11H15F3N4O/c12-11(13,14)9-8-16-3-1-2-15-10(16)18(9)17-4-6-19-7-5-17/h1-2,9H,3-8H2. The lowest BCUT2D eigenvalue weighted by molar-refractivity contribution is -0.201. The molecule has 0 spiro atoms. The Hall–Kier alpha value is -1.28. The van der Waals surface area contributed by atoms with Gasteiger partial charge in [-0.15, -0.1) is 0 Å². The molecule has 19 heavy (non-hydrogen) atoms. The molecule has 1 atom stereocenters. The lowest BCUT2D eigenvalue weighted by Crippen LogP contribution is -2.57. The number of rotatable bonds is 1. The smallest absolute Gasteiger partial charge is 0.379 e. The molecule has 2 fully saturated rings. The van der Waals surface area contributed by atoms with E-state index in [1.54, 1.807) is 22.2 Å². The van der Waals surface area contributed by atoms with Crippen LogP contribution >= 0.6 is 0 Å². The van der Waals surface area contributed by atoms with Crippen molar-refractivity contribution in [2.75, 3.05) is 39.4 Å². The van der Waals surface area contributed by atoms with Crippen LogP contribution in [0.25, 0.3) is 0 Å². The second-order valence-electron chi connectivity index (χ2n) is 4.69. The van der Waals surface area contributed by atoms with Crippen molar-refractivity contribution >= 4 is 5.96 Å². The van der Waals surface area contributed by atoms with Gasteiger partial charge in [0.05, 0.1) is 19.8 Å². The minimum atomic E-state index is -4.27. The van der Waals surface area contributed by atoms with E-state index in [2.05, 4.69) is 4.99 Å². The van der Waals surface area contributed by atoms with Crippen LogP contribution in [0, 0.1) is 0 Å². The Bertz CT molecular complexity index is 403. The summed E-state index contributed by atoms with van der Waals surface area (Å²) in [6.45, 7) is 2.23. The third-order valence-corrected chi connectivity index (χ3v) is 3.47. The third kappa shape index (κ3) is 2.30. The van der Waals surface area contributed by atoms with E-state index in [-0.39, 0.29) is 6.54 Å². The monoisotopic (exact) mass is 276 g/mol. The summed E-state index contributed by atoms with van der Waals surface area (Å²) in [5.41, 5.74) is 0. The zero-order valence-corrected chi connectivity index (χ0v) is 10.3. The number of fused-ring (bicyclic) bond motifs is 1. The number of alkyl halides is 3. The van der Waals surface area contributed by atoms with E-state index >= 15 is 0 Å². The van der Waals surface area contributed by atoms with Crippen LogP contribution in [0.4, 0.5) is 13.2 Å². The highest BCUT2D eigenvalue weighted by Gasteiger charge is 2.53. The van der Waals surface area contributed by atoms with Crippen molar-refractivity contribution in [3.8, 4) is 0 Å². The molecule has 0 amide bonds. The number of hydrogen-bond acceptors (Lipinski definition) is 5. The average molecular weight is 276 g/mol. The van der Waals surface area contributed by atoms with Gasteiger partial charge >= 0.3 is 6.18 Å². The Morgan fingerprint density at radius 2 is 2.00 bits per heavy atom. The summed E-state index contributed by atoms with van der Waals surface area (Å²) in [5.74, 6) is 0.395. The number of nitrogens with zero attached hydrogens (tertiary/aromatic N) is 4. The molecule has 0 aliphatic carbocycles. The van der Waals surface area contributed by atoms with Crippen molar-refractivity contribution in [3.63, 3.8) is 0 Å². The maximum Gasteiger partial charge on any atom is 0.412 e. The summed E-state index contributed by atoms with van der Waals surface area (Å²) >= 11 is 0. The fraction of sp³-hybridized carbons (Fsp3) is 0.727. The Kier molecular flexibility index (Phi) is 3.14. The van der Waals surface area contributed by atoms with E-state index in [1.165, 1.54) is 5.01 Å². The van der Waals surface area contributed by atoms with Crippen molar-refractivity contribution in [2.45, 2.75) is 12.2 Å². The summed E-state index contributed by atoms with van der Waals surface area (Å²) in [4.78, 5) is 5.78. The van der Waals surface area contributed by atoms with E-state index < -0.39 is 12.2 Å². The summed E-state index contributed by atoms with van der Waals surface area (Å²) < 4.78 is 44.8. The molecule has 3 aliphatic heterocycles. The van der Waals surface area contributed by atoms with Gasteiger partial charge in [0.15, 0.2) is 6.04 Å². The fourth-order valence-electron chi connectivity index (χ4n) is 2.58. The maximum absolute atomic E-state index is 13.2. The number of hydrazine groups is 1. The number of aliphatic imine (C=N–C) groups is 1. The van der Waals surface area contributed by atoms with Gasteiger partial charge < -0.3 is 9.64 Å². The Morgan fingerprint density at radius 3 is 2.68 bits per heavy atom. The summed E-state index contributed by atoms with van der Waals surface area (Å²) in [6, 6.07) is -1.52. The number of hydrogen-bond donors (Lipinski definition) is 0. The van der Waals surface area contributed by atoms with Crippen LogP contribution in [-0.4, -0.2) is 72.5 Å². The molecule has 2 saturated heterocycles. The van der Waals surface area contributed by atoms with Crippen molar-refractivity contribution in [1.82, 2.24) is 14.9 Å². The number of halogens is 3. The molecule has 0 aromatic carbocycles. The number of ether oxygens (including phenoxy) is 1. The van der Waals surface area contributed by atoms with Gasteiger partial charge in [0, 0.05) is 25.8 Å². The van der Waals surface area contributed by atoms with Crippen LogP contribution in [0.5, 0.6) is 0 Å². The molecule has 0 N–H and O–H groups in total. The largest absolute Gasteiger partial charge is 0.412 e. The van der Waals surface area contributed by atoms with Crippen LogP contribution in [0.1, 0.15) is 0 Å². The van der Waals surface area contributed by atoms with E-state index in [0.717, 1.165) is 0 Å². The maximum atomic E-state index is 13.2. The predicted octanol–water partition coefficient (Wildman–Crippen LogP) is 0.665. The molecule has 0 radical (unpaired) electrons. The molecular formula is C11H15F3N4O. The first-order valence-corrected chi connectivity index (χ1v) is 6.23. The van der Waals surface area contributed by atoms with Crippen molar-refractivity contribution in [2.24, 2.45) is 4.99 Å². The first-order chi connectivity index (χ1) is 9.07. The Morgan fingerprint density at radius 1 is 1.26 bits per heavy atom. The first-order valence-electron chi connectivity index (χ1n) is 6.23. The van der Waals surface area contributed by atoms with Gasteiger partial charge in [-0.3, -0.25) is 5.01 Å². The van der Waals surface area contributed by atoms with Gasteiger partial charge in [-0.25, -0.2) is 10.0 Å². The van der Waals surface area contributed by atoms with E-state index in [0.29, 0.717) is 38.8 Å². The Labute approximate surface area is 108 Å². The number of morpholine rings is 1. The topological polar surface area (TPSA) is 31.3 Å². The van der Waals surface area contributed by atoms with Crippen LogP contribution in [0.2, 0.25) is 0 Å². The molecule has 3 heterocycles. The van der Waals surface area contributed by atoms with Crippen LogP contribution in [-0.2, 0) is 4.74 Å². The van der Waals surface area contributed by atoms with E-state index in [1.807, 2.05) is 0 Å². The van der Waals surface area contributed by atoms with E-state index in [4.69, 9.17) is 4.74 Å². The summed E-state index contributed by atoms with van der Waals surface area (Å²) in [5, 5.41) is 2.99. The minimum absolute atomic E-state index is 0.0654. The zero-order chi connectivity index (χ0) is 13.5. The van der Waals surface area contributed by atoms with Crippen LogP contribution in [0.15, 0.2) is 17.3 Å².